The number of benzene rings is 2. The van der Waals surface area contributed by atoms with E-state index in [9.17, 15) is 5.11 Å². The van der Waals surface area contributed by atoms with E-state index in [-0.39, 0.29) is 0 Å². The van der Waals surface area contributed by atoms with E-state index in [2.05, 4.69) is 15.9 Å². The largest absolute Gasteiger partial charge is 0.388 e. The van der Waals surface area contributed by atoms with E-state index in [4.69, 9.17) is 34.8 Å². The molecule has 1 unspecified atom stereocenters. The zero-order chi connectivity index (χ0) is 14.0. The van der Waals surface area contributed by atoms with Gasteiger partial charge in [-0.05, 0) is 57.4 Å². The van der Waals surface area contributed by atoms with Crippen LogP contribution in [0.15, 0.2) is 40.9 Å². The molecule has 100 valence electrons. The van der Waals surface area contributed by atoms with E-state index in [1.54, 1.807) is 36.4 Å². The van der Waals surface area contributed by atoms with Crippen molar-refractivity contribution in [2.75, 3.05) is 0 Å². The average molecular weight is 380 g/mol. The highest BCUT2D eigenvalue weighted by Crippen LogP contribution is 2.29. The summed E-state index contributed by atoms with van der Waals surface area (Å²) in [4.78, 5) is 0. The van der Waals surface area contributed by atoms with Gasteiger partial charge in [0.05, 0.1) is 11.1 Å². The van der Waals surface area contributed by atoms with E-state index in [0.717, 1.165) is 15.6 Å². The lowest BCUT2D eigenvalue weighted by atomic mass is 10.0. The molecule has 1 atom stereocenters. The predicted molar refractivity (Wildman–Crippen MR) is 84.3 cm³/mol. The van der Waals surface area contributed by atoms with Crippen molar-refractivity contribution in [2.24, 2.45) is 0 Å². The summed E-state index contributed by atoms with van der Waals surface area (Å²) in [5.74, 6) is 0. The fourth-order valence-corrected chi connectivity index (χ4v) is 2.65. The second-order valence-electron chi connectivity index (χ2n) is 4.13. The van der Waals surface area contributed by atoms with Crippen molar-refractivity contribution in [1.82, 2.24) is 0 Å². The maximum atomic E-state index is 10.2. The summed E-state index contributed by atoms with van der Waals surface area (Å²) in [6.45, 7) is 0. The molecule has 0 saturated heterocycles. The molecule has 2 aromatic rings. The summed E-state index contributed by atoms with van der Waals surface area (Å²) < 4.78 is 0.753. The summed E-state index contributed by atoms with van der Waals surface area (Å²) in [5, 5.41) is 12.0. The predicted octanol–water partition coefficient (Wildman–Crippen LogP) is 5.69. The van der Waals surface area contributed by atoms with Crippen LogP contribution in [0.2, 0.25) is 15.1 Å². The first-order chi connectivity index (χ1) is 8.97. The maximum absolute atomic E-state index is 10.2. The molecule has 0 aliphatic heterocycles. The second kappa shape index (κ2) is 6.47. The topological polar surface area (TPSA) is 20.2 Å². The Kier molecular flexibility index (Phi) is 5.15. The number of hydrogen-bond acceptors (Lipinski definition) is 1. The van der Waals surface area contributed by atoms with E-state index in [1.165, 1.54) is 0 Å². The molecule has 1 nitrogen and oxygen atoms in total. The van der Waals surface area contributed by atoms with Crippen LogP contribution in [0, 0.1) is 0 Å². The fraction of sp³-hybridized carbons (Fsp3) is 0.143. The monoisotopic (exact) mass is 378 g/mol. The Morgan fingerprint density at radius 1 is 1.00 bits per heavy atom. The minimum absolute atomic E-state index is 0.396. The first kappa shape index (κ1) is 15.1. The maximum Gasteiger partial charge on any atom is 0.0831 e. The number of rotatable bonds is 3. The summed E-state index contributed by atoms with van der Waals surface area (Å²) >= 11 is 21.3. The molecule has 0 spiro atoms. The number of aliphatic hydroxyl groups is 1. The highest BCUT2D eigenvalue weighted by atomic mass is 79.9. The van der Waals surface area contributed by atoms with E-state index in [0.29, 0.717) is 21.5 Å². The van der Waals surface area contributed by atoms with Crippen molar-refractivity contribution in [2.45, 2.75) is 12.5 Å². The van der Waals surface area contributed by atoms with Gasteiger partial charge in [-0.1, -0.05) is 40.9 Å². The van der Waals surface area contributed by atoms with Gasteiger partial charge >= 0.3 is 0 Å². The lowest BCUT2D eigenvalue weighted by molar-refractivity contribution is 0.178. The third kappa shape index (κ3) is 3.87. The first-order valence-electron chi connectivity index (χ1n) is 5.54. The molecule has 0 fully saturated rings. The minimum atomic E-state index is -0.662. The van der Waals surface area contributed by atoms with Crippen LogP contribution >= 0.6 is 50.7 Å². The SMILES string of the molecule is OC(Cc1cc(Cl)ccc1Cl)c1ccc(Cl)c(Br)c1. The Balaban J connectivity index is 2.22. The van der Waals surface area contributed by atoms with Crippen molar-refractivity contribution >= 4 is 50.7 Å². The van der Waals surface area contributed by atoms with Gasteiger partial charge in [-0.2, -0.15) is 0 Å². The standard InChI is InChI=1S/C14H10BrCl3O/c15-11-6-8(1-3-13(11)18)14(19)7-9-5-10(16)2-4-12(9)17/h1-6,14,19H,7H2. The molecule has 0 saturated carbocycles. The van der Waals surface area contributed by atoms with Crippen LogP contribution in [0.1, 0.15) is 17.2 Å². The normalized spacial score (nSPS) is 12.5. The number of hydrogen-bond donors (Lipinski definition) is 1. The number of halogens is 4. The van der Waals surface area contributed by atoms with Crippen LogP contribution in [-0.2, 0) is 6.42 Å². The van der Waals surface area contributed by atoms with Gasteiger partial charge in [-0.15, -0.1) is 0 Å². The van der Waals surface area contributed by atoms with Crippen molar-refractivity contribution < 1.29 is 5.11 Å². The molecular weight excluding hydrogens is 370 g/mol. The molecular formula is C14H10BrCl3O. The van der Waals surface area contributed by atoms with Gasteiger partial charge in [-0.3, -0.25) is 0 Å². The molecule has 0 aliphatic carbocycles. The zero-order valence-corrected chi connectivity index (χ0v) is 13.6. The van der Waals surface area contributed by atoms with E-state index >= 15 is 0 Å². The van der Waals surface area contributed by atoms with Crippen molar-refractivity contribution in [3.8, 4) is 0 Å². The highest BCUT2D eigenvalue weighted by Gasteiger charge is 2.12. The molecule has 0 amide bonds. The van der Waals surface area contributed by atoms with Gasteiger partial charge in [0.1, 0.15) is 0 Å². The number of aliphatic hydroxyl groups excluding tert-OH is 1. The Morgan fingerprint density at radius 2 is 1.68 bits per heavy atom. The van der Waals surface area contributed by atoms with Gasteiger partial charge in [-0.25, -0.2) is 0 Å². The van der Waals surface area contributed by atoms with Crippen molar-refractivity contribution in [3.05, 3.63) is 67.1 Å². The smallest absolute Gasteiger partial charge is 0.0831 e. The van der Waals surface area contributed by atoms with Crippen LogP contribution in [0.25, 0.3) is 0 Å². The van der Waals surface area contributed by atoms with E-state index < -0.39 is 6.10 Å². The zero-order valence-electron chi connectivity index (χ0n) is 9.71. The summed E-state index contributed by atoms with van der Waals surface area (Å²) in [6, 6.07) is 10.5. The van der Waals surface area contributed by atoms with Crippen LogP contribution in [0.5, 0.6) is 0 Å². The van der Waals surface area contributed by atoms with Crippen molar-refractivity contribution in [3.63, 3.8) is 0 Å². The van der Waals surface area contributed by atoms with Crippen molar-refractivity contribution in [1.29, 1.82) is 0 Å². The molecule has 2 rings (SSSR count). The van der Waals surface area contributed by atoms with Gasteiger partial charge < -0.3 is 5.11 Å². The Hall–Kier alpha value is -0.250. The highest BCUT2D eigenvalue weighted by molar-refractivity contribution is 9.10. The lowest BCUT2D eigenvalue weighted by Gasteiger charge is -2.13. The van der Waals surface area contributed by atoms with Gasteiger partial charge in [0, 0.05) is 20.9 Å². The van der Waals surface area contributed by atoms with Gasteiger partial charge in [0.2, 0.25) is 0 Å². The van der Waals surface area contributed by atoms with E-state index in [1.807, 2.05) is 0 Å². The lowest BCUT2D eigenvalue weighted by Crippen LogP contribution is -2.02. The Morgan fingerprint density at radius 3 is 2.37 bits per heavy atom. The molecule has 0 aromatic heterocycles. The summed E-state index contributed by atoms with van der Waals surface area (Å²) in [5.41, 5.74) is 1.58. The Labute approximate surface area is 135 Å². The van der Waals surface area contributed by atoms with Crippen LogP contribution in [0.4, 0.5) is 0 Å². The molecule has 0 radical (unpaired) electrons. The molecule has 0 heterocycles. The second-order valence-corrected chi connectivity index (χ2v) is 6.23. The van der Waals surface area contributed by atoms with Crippen LogP contribution < -0.4 is 0 Å². The summed E-state index contributed by atoms with van der Waals surface area (Å²) in [6.07, 6.45) is -0.266. The molecule has 0 bridgehead atoms. The molecule has 2 aromatic carbocycles. The minimum Gasteiger partial charge on any atom is -0.388 e. The average Bonchev–Trinajstić information content (AvgIpc) is 2.37. The first-order valence-corrected chi connectivity index (χ1v) is 7.47. The van der Waals surface area contributed by atoms with Gasteiger partial charge in [0.15, 0.2) is 0 Å². The molecule has 1 N–H and O–H groups in total. The quantitative estimate of drug-likeness (QED) is 0.726. The fourth-order valence-electron chi connectivity index (χ4n) is 1.75. The molecule has 0 aliphatic rings. The van der Waals surface area contributed by atoms with Gasteiger partial charge in [0.25, 0.3) is 0 Å². The van der Waals surface area contributed by atoms with Crippen LogP contribution in [-0.4, -0.2) is 5.11 Å². The Bertz CT molecular complexity index is 601. The molecule has 19 heavy (non-hydrogen) atoms. The third-order valence-electron chi connectivity index (χ3n) is 2.75. The molecule has 5 heteroatoms. The summed E-state index contributed by atoms with van der Waals surface area (Å²) in [7, 11) is 0. The third-order valence-corrected chi connectivity index (χ3v) is 4.57. The van der Waals surface area contributed by atoms with Crippen LogP contribution in [0.3, 0.4) is 0 Å².